The smallest absolute Gasteiger partial charge is 0.449 e. The summed E-state index contributed by atoms with van der Waals surface area (Å²) in [5, 5.41) is 9.26. The van der Waals surface area contributed by atoms with Crippen molar-refractivity contribution < 1.29 is 32.2 Å². The van der Waals surface area contributed by atoms with Crippen molar-refractivity contribution in [2.24, 2.45) is 0 Å². The number of carboxylic acid groups (broad SMARTS) is 1. The molecule has 27 heavy (non-hydrogen) atoms. The topological polar surface area (TPSA) is 105 Å². The van der Waals surface area contributed by atoms with E-state index in [4.69, 9.17) is 9.84 Å². The number of ether oxygens (including phenoxy) is 1. The monoisotopic (exact) mass is 400 g/mol. The van der Waals surface area contributed by atoms with E-state index in [1.54, 1.807) is 0 Å². The first-order chi connectivity index (χ1) is 12.7. The van der Waals surface area contributed by atoms with Crippen LogP contribution >= 0.6 is 11.3 Å². The van der Waals surface area contributed by atoms with Crippen LogP contribution in [0.3, 0.4) is 0 Å². The number of furan rings is 1. The van der Waals surface area contributed by atoms with Gasteiger partial charge in [0.1, 0.15) is 33.6 Å². The molecule has 3 aromatic rings. The summed E-state index contributed by atoms with van der Waals surface area (Å²) in [5.41, 5.74) is -0.355. The number of hydrogen-bond donors (Lipinski definition) is 2. The van der Waals surface area contributed by atoms with Crippen LogP contribution < -0.4 is 10.3 Å². The Morgan fingerprint density at radius 2 is 2.11 bits per heavy atom. The Balaban J connectivity index is 1.90. The molecule has 0 bridgehead atoms. The van der Waals surface area contributed by atoms with E-state index in [0.717, 1.165) is 23.5 Å². The lowest BCUT2D eigenvalue weighted by atomic mass is 10.2. The van der Waals surface area contributed by atoms with Crippen LogP contribution in [0.15, 0.2) is 33.6 Å². The van der Waals surface area contributed by atoms with Crippen molar-refractivity contribution >= 4 is 17.3 Å². The second-order valence-electron chi connectivity index (χ2n) is 5.34. The van der Waals surface area contributed by atoms with Crippen LogP contribution in [-0.2, 0) is 12.8 Å². The highest BCUT2D eigenvalue weighted by Crippen LogP contribution is 2.33. The number of aromatic amines is 1. The molecule has 0 atom stereocenters. The molecule has 0 fully saturated rings. The minimum Gasteiger partial charge on any atom is -0.485 e. The van der Waals surface area contributed by atoms with Gasteiger partial charge in [0.2, 0.25) is 5.76 Å². The number of aromatic carboxylic acids is 1. The summed E-state index contributed by atoms with van der Waals surface area (Å²) < 4.78 is 47.8. The summed E-state index contributed by atoms with van der Waals surface area (Å²) in [6.07, 6.45) is -3.32. The van der Waals surface area contributed by atoms with Crippen molar-refractivity contribution in [3.63, 3.8) is 0 Å². The van der Waals surface area contributed by atoms with Crippen molar-refractivity contribution in [3.8, 4) is 16.3 Å². The van der Waals surface area contributed by atoms with Crippen molar-refractivity contribution in [2.75, 3.05) is 0 Å². The first-order valence-electron chi connectivity index (χ1n) is 7.38. The highest BCUT2D eigenvalue weighted by atomic mass is 32.1. The van der Waals surface area contributed by atoms with E-state index in [1.807, 2.05) is 0 Å². The summed E-state index contributed by atoms with van der Waals surface area (Å²) in [4.78, 5) is 29.9. The van der Waals surface area contributed by atoms with Crippen molar-refractivity contribution in [1.29, 1.82) is 0 Å². The van der Waals surface area contributed by atoms with Gasteiger partial charge in [-0.05, 0) is 25.1 Å². The summed E-state index contributed by atoms with van der Waals surface area (Å²) in [7, 11) is 0. The molecule has 0 amide bonds. The largest absolute Gasteiger partial charge is 0.485 e. The molecule has 0 aromatic carbocycles. The Morgan fingerprint density at radius 3 is 2.70 bits per heavy atom. The van der Waals surface area contributed by atoms with E-state index < -0.39 is 23.5 Å². The second kappa shape index (κ2) is 6.91. The zero-order valence-corrected chi connectivity index (χ0v) is 14.4. The fourth-order valence-electron chi connectivity index (χ4n) is 2.24. The lowest BCUT2D eigenvalue weighted by Gasteiger charge is -2.08. The van der Waals surface area contributed by atoms with Crippen LogP contribution in [0.1, 0.15) is 26.9 Å². The third-order valence-electron chi connectivity index (χ3n) is 3.44. The normalized spacial score (nSPS) is 11.6. The second-order valence-corrected chi connectivity index (χ2v) is 6.34. The Hall–Kier alpha value is -3.08. The molecular formula is C16H11F3N2O5S. The predicted octanol–water partition coefficient (Wildman–Crippen LogP) is 3.70. The van der Waals surface area contributed by atoms with Gasteiger partial charge in [-0.25, -0.2) is 9.78 Å². The average Bonchev–Trinajstić information content (AvgIpc) is 3.19. The maximum atomic E-state index is 12.6. The van der Waals surface area contributed by atoms with Crippen LogP contribution in [0.4, 0.5) is 13.2 Å². The van der Waals surface area contributed by atoms with E-state index in [9.17, 15) is 22.8 Å². The van der Waals surface area contributed by atoms with Gasteiger partial charge in [0, 0.05) is 6.20 Å². The molecule has 3 rings (SSSR count). The van der Waals surface area contributed by atoms with E-state index in [-0.39, 0.29) is 39.3 Å². The summed E-state index contributed by atoms with van der Waals surface area (Å²) in [5.74, 6) is -2.39. The molecule has 2 N–H and O–H groups in total. The minimum atomic E-state index is -4.61. The predicted molar refractivity (Wildman–Crippen MR) is 87.9 cm³/mol. The van der Waals surface area contributed by atoms with Gasteiger partial charge in [-0.1, -0.05) is 0 Å². The molecule has 0 saturated carbocycles. The van der Waals surface area contributed by atoms with Crippen molar-refractivity contribution in [3.05, 3.63) is 56.8 Å². The first-order valence-corrected chi connectivity index (χ1v) is 8.20. The molecule has 7 nitrogen and oxygen atoms in total. The summed E-state index contributed by atoms with van der Waals surface area (Å²) >= 11 is 0.795. The maximum Gasteiger partial charge on any atom is 0.449 e. The number of carboxylic acids is 1. The van der Waals surface area contributed by atoms with Gasteiger partial charge < -0.3 is 19.2 Å². The standard InChI is InChI=1S/C16H11F3N2O5S/c1-7-12(15(23)24)27-14(21-7)11-9(4-5-20-13(11)22)25-6-8-2-3-10(26-8)16(17,18)19/h2-5H,6H2,1H3,(H,20,22)(H,23,24). The van der Waals surface area contributed by atoms with E-state index in [0.29, 0.717) is 0 Å². The molecule has 0 aliphatic carbocycles. The molecule has 3 aromatic heterocycles. The Kier molecular flexibility index (Phi) is 4.79. The number of H-pyrrole nitrogens is 1. The van der Waals surface area contributed by atoms with Gasteiger partial charge in [0.05, 0.1) is 5.69 Å². The van der Waals surface area contributed by atoms with Crippen molar-refractivity contribution in [2.45, 2.75) is 19.7 Å². The molecule has 142 valence electrons. The molecule has 0 radical (unpaired) electrons. The van der Waals surface area contributed by atoms with Crippen LogP contribution in [0, 0.1) is 6.92 Å². The van der Waals surface area contributed by atoms with Gasteiger partial charge in [0.25, 0.3) is 5.56 Å². The number of aryl methyl sites for hydroxylation is 1. The zero-order chi connectivity index (χ0) is 19.8. The first kappa shape index (κ1) is 18.7. The molecule has 11 heteroatoms. The van der Waals surface area contributed by atoms with Gasteiger partial charge in [0.15, 0.2) is 0 Å². The number of carbonyl (C=O) groups is 1. The lowest BCUT2D eigenvalue weighted by Crippen LogP contribution is -2.10. The van der Waals surface area contributed by atoms with Crippen LogP contribution in [-0.4, -0.2) is 21.0 Å². The SMILES string of the molecule is Cc1nc(-c2c(OCc3ccc(C(F)(F)F)o3)cc[nH]c2=O)sc1C(=O)O. The van der Waals surface area contributed by atoms with Gasteiger partial charge in [-0.2, -0.15) is 13.2 Å². The number of halogens is 3. The number of rotatable bonds is 5. The third-order valence-corrected chi connectivity index (χ3v) is 4.60. The molecule has 0 aliphatic rings. The number of nitrogens with zero attached hydrogens (tertiary/aromatic N) is 1. The third kappa shape index (κ3) is 3.87. The lowest BCUT2D eigenvalue weighted by molar-refractivity contribution is -0.153. The highest BCUT2D eigenvalue weighted by Gasteiger charge is 2.34. The molecule has 3 heterocycles. The molecule has 0 unspecified atom stereocenters. The van der Waals surface area contributed by atoms with Crippen LogP contribution in [0.2, 0.25) is 0 Å². The van der Waals surface area contributed by atoms with Gasteiger partial charge in [-0.3, -0.25) is 4.79 Å². The minimum absolute atomic E-state index is 0.0132. The number of aromatic nitrogens is 2. The average molecular weight is 400 g/mol. The Labute approximate surface area is 153 Å². The highest BCUT2D eigenvalue weighted by molar-refractivity contribution is 7.17. The van der Waals surface area contributed by atoms with E-state index in [1.165, 1.54) is 19.2 Å². The van der Waals surface area contributed by atoms with E-state index in [2.05, 4.69) is 14.4 Å². The van der Waals surface area contributed by atoms with Crippen molar-refractivity contribution in [1.82, 2.24) is 9.97 Å². The van der Waals surface area contributed by atoms with Crippen LogP contribution in [0.25, 0.3) is 10.6 Å². The summed E-state index contributed by atoms with van der Waals surface area (Å²) in [6, 6.07) is 3.29. The molecule has 0 aliphatic heterocycles. The molecule has 0 spiro atoms. The maximum absolute atomic E-state index is 12.6. The summed E-state index contributed by atoms with van der Waals surface area (Å²) in [6.45, 7) is 1.13. The Bertz CT molecular complexity index is 1050. The zero-order valence-electron chi connectivity index (χ0n) is 13.6. The van der Waals surface area contributed by atoms with Gasteiger partial charge >= 0.3 is 12.1 Å². The van der Waals surface area contributed by atoms with Gasteiger partial charge in [-0.15, -0.1) is 11.3 Å². The molecule has 0 saturated heterocycles. The number of nitrogens with one attached hydrogen (secondary N) is 1. The number of alkyl halides is 3. The molecular weight excluding hydrogens is 389 g/mol. The van der Waals surface area contributed by atoms with Crippen LogP contribution in [0.5, 0.6) is 5.75 Å². The Morgan fingerprint density at radius 1 is 1.37 bits per heavy atom. The number of pyridine rings is 1. The van der Waals surface area contributed by atoms with E-state index >= 15 is 0 Å². The number of hydrogen-bond acceptors (Lipinski definition) is 6. The number of thiazole rings is 1. The quantitative estimate of drug-likeness (QED) is 0.677. The fraction of sp³-hybridized carbons (Fsp3) is 0.188. The fourth-order valence-corrected chi connectivity index (χ4v) is 3.19.